The molecule has 0 saturated carbocycles. The molecule has 0 aliphatic heterocycles. The molecular weight excluding hydrogens is 570 g/mol. The number of benzene rings is 3. The van der Waals surface area contributed by atoms with Gasteiger partial charge < -0.3 is 31.4 Å². The third kappa shape index (κ3) is 7.01. The number of hydrogen-bond acceptors (Lipinski definition) is 5. The first kappa shape index (κ1) is 31.3. The maximum atomic E-state index is 14.3. The molecule has 45 heavy (non-hydrogen) atoms. The number of amides is 4. The van der Waals surface area contributed by atoms with E-state index in [4.69, 9.17) is 10.5 Å². The number of ether oxygens (including phenoxy) is 1. The lowest BCUT2D eigenvalue weighted by atomic mass is 9.78. The molecule has 5 rings (SSSR count). The Balaban J connectivity index is 1.43. The molecule has 4 aromatic rings. The Morgan fingerprint density at radius 2 is 1.60 bits per heavy atom. The quantitative estimate of drug-likeness (QED) is 0.172. The number of rotatable bonds is 11. The molecule has 0 radical (unpaired) electrons. The summed E-state index contributed by atoms with van der Waals surface area (Å²) in [6, 6.07) is 23.7. The molecule has 10 nitrogen and oxygen atoms in total. The second kappa shape index (κ2) is 13.7. The molecule has 1 aliphatic carbocycles. The lowest BCUT2D eigenvalue weighted by molar-refractivity contribution is -0.137. The summed E-state index contributed by atoms with van der Waals surface area (Å²) in [7, 11) is 0. The standard InChI is InChI=1S/C35H39N5O5/c1-3-22(2)29(39-34(44)45-21-23-12-6-4-7-13-23)32(42)40-35(33(43)38-30(31(36)41)24-14-8-5-9-15-24)19-18-28-26(20-35)25-16-10-11-17-27(25)37-28/h4-17,22,29-30,37H,3,18-21H2,1-2H3,(H2,36,41)(H,38,43)(H,39,44)(H,40,42)/t22-,29-,30+,35-/m0/s1. The fourth-order valence-corrected chi connectivity index (χ4v) is 5.90. The highest BCUT2D eigenvalue weighted by molar-refractivity contribution is 5.98. The van der Waals surface area contributed by atoms with Gasteiger partial charge >= 0.3 is 6.09 Å². The van der Waals surface area contributed by atoms with Crippen LogP contribution in [-0.4, -0.2) is 40.4 Å². The number of para-hydroxylation sites is 1. The maximum absolute atomic E-state index is 14.3. The van der Waals surface area contributed by atoms with Crippen LogP contribution in [0.3, 0.4) is 0 Å². The van der Waals surface area contributed by atoms with E-state index in [1.54, 1.807) is 30.3 Å². The summed E-state index contributed by atoms with van der Waals surface area (Å²) in [4.78, 5) is 57.2. The van der Waals surface area contributed by atoms with E-state index in [1.807, 2.05) is 68.4 Å². The fourth-order valence-electron chi connectivity index (χ4n) is 5.90. The van der Waals surface area contributed by atoms with Crippen molar-refractivity contribution in [2.75, 3.05) is 0 Å². The molecule has 234 valence electrons. The van der Waals surface area contributed by atoms with Crippen LogP contribution in [0.1, 0.15) is 55.1 Å². The Morgan fingerprint density at radius 3 is 2.29 bits per heavy atom. The average Bonchev–Trinajstić information content (AvgIpc) is 3.43. The van der Waals surface area contributed by atoms with E-state index in [-0.39, 0.29) is 25.4 Å². The van der Waals surface area contributed by atoms with Crippen LogP contribution in [0.5, 0.6) is 0 Å². The maximum Gasteiger partial charge on any atom is 0.408 e. The number of aromatic nitrogens is 1. The summed E-state index contributed by atoms with van der Waals surface area (Å²) in [5.74, 6) is -2.05. The number of fused-ring (bicyclic) bond motifs is 3. The summed E-state index contributed by atoms with van der Waals surface area (Å²) < 4.78 is 5.41. The second-order valence-corrected chi connectivity index (χ2v) is 11.7. The normalized spacial score (nSPS) is 17.7. The summed E-state index contributed by atoms with van der Waals surface area (Å²) in [6.07, 6.45) is 0.760. The number of aromatic amines is 1. The SMILES string of the molecule is CC[C@H](C)[C@H](NC(=O)OCc1ccccc1)C(=O)N[C@@]1(C(=O)N[C@@H](C(N)=O)c2ccccc2)CCc2[nH]c3ccccc3c2C1. The van der Waals surface area contributed by atoms with E-state index in [2.05, 4.69) is 20.9 Å². The number of nitrogens with one attached hydrogen (secondary N) is 4. The first-order valence-electron chi connectivity index (χ1n) is 15.2. The smallest absolute Gasteiger partial charge is 0.408 e. The van der Waals surface area contributed by atoms with Crippen molar-refractivity contribution in [1.29, 1.82) is 0 Å². The van der Waals surface area contributed by atoms with Crippen molar-refractivity contribution >= 4 is 34.7 Å². The highest BCUT2D eigenvalue weighted by atomic mass is 16.5. The first-order chi connectivity index (χ1) is 21.7. The minimum atomic E-state index is -1.43. The summed E-state index contributed by atoms with van der Waals surface area (Å²) in [5.41, 5.74) is 8.50. The average molecular weight is 610 g/mol. The van der Waals surface area contributed by atoms with Crippen molar-refractivity contribution in [2.24, 2.45) is 11.7 Å². The topological polar surface area (TPSA) is 155 Å². The van der Waals surface area contributed by atoms with Gasteiger partial charge in [-0.1, -0.05) is 99.1 Å². The molecule has 4 amide bonds. The van der Waals surface area contributed by atoms with Gasteiger partial charge in [0.05, 0.1) is 0 Å². The van der Waals surface area contributed by atoms with Crippen LogP contribution < -0.4 is 21.7 Å². The van der Waals surface area contributed by atoms with Crippen molar-refractivity contribution in [2.45, 2.75) is 63.8 Å². The van der Waals surface area contributed by atoms with E-state index < -0.39 is 41.4 Å². The van der Waals surface area contributed by atoms with Gasteiger partial charge in [0.15, 0.2) is 0 Å². The number of primary amides is 1. The molecule has 4 atom stereocenters. The van der Waals surface area contributed by atoms with Crippen LogP contribution in [-0.2, 0) is 38.6 Å². The molecule has 3 aromatic carbocycles. The number of carbonyl (C=O) groups excluding carboxylic acids is 4. The summed E-state index contributed by atoms with van der Waals surface area (Å²) in [6.45, 7) is 3.82. The van der Waals surface area contributed by atoms with Gasteiger partial charge in [0.25, 0.3) is 0 Å². The molecule has 0 unspecified atom stereocenters. The summed E-state index contributed by atoms with van der Waals surface area (Å²) in [5, 5.41) is 9.54. The molecule has 1 heterocycles. The van der Waals surface area contributed by atoms with Crippen molar-refractivity contribution in [3.63, 3.8) is 0 Å². The lowest BCUT2D eigenvalue weighted by Gasteiger charge is -2.39. The number of carbonyl (C=O) groups is 4. The molecule has 0 saturated heterocycles. The van der Waals surface area contributed by atoms with E-state index in [1.165, 1.54) is 0 Å². The monoisotopic (exact) mass is 609 g/mol. The summed E-state index contributed by atoms with van der Waals surface area (Å²) >= 11 is 0. The van der Waals surface area contributed by atoms with Gasteiger partial charge in [-0.2, -0.15) is 0 Å². The molecule has 0 bridgehead atoms. The Morgan fingerprint density at radius 1 is 0.933 bits per heavy atom. The van der Waals surface area contributed by atoms with E-state index in [9.17, 15) is 19.2 Å². The molecule has 6 N–H and O–H groups in total. The third-order valence-electron chi connectivity index (χ3n) is 8.65. The highest BCUT2D eigenvalue weighted by Crippen LogP contribution is 2.35. The zero-order valence-electron chi connectivity index (χ0n) is 25.5. The van der Waals surface area contributed by atoms with Gasteiger partial charge in [-0.3, -0.25) is 14.4 Å². The van der Waals surface area contributed by atoms with E-state index >= 15 is 0 Å². The molecule has 1 aromatic heterocycles. The largest absolute Gasteiger partial charge is 0.445 e. The van der Waals surface area contributed by atoms with Crippen molar-refractivity contribution < 1.29 is 23.9 Å². The molecular formula is C35H39N5O5. The predicted molar refractivity (Wildman–Crippen MR) is 171 cm³/mol. The van der Waals surface area contributed by atoms with E-state index in [0.717, 1.165) is 27.7 Å². The van der Waals surface area contributed by atoms with Crippen LogP contribution in [0, 0.1) is 5.92 Å². The Labute approximate surface area is 262 Å². The highest BCUT2D eigenvalue weighted by Gasteiger charge is 2.46. The van der Waals surface area contributed by atoms with Crippen LogP contribution >= 0.6 is 0 Å². The number of nitrogens with two attached hydrogens (primary N) is 1. The predicted octanol–water partition coefficient (Wildman–Crippen LogP) is 4.20. The lowest BCUT2D eigenvalue weighted by Crippen LogP contribution is -2.65. The van der Waals surface area contributed by atoms with Gasteiger partial charge in [0, 0.05) is 23.0 Å². The number of alkyl carbamates (subject to hydrolysis) is 1. The fraction of sp³-hybridized carbons (Fsp3) is 0.314. The molecule has 1 aliphatic rings. The van der Waals surface area contributed by atoms with Gasteiger partial charge in [-0.25, -0.2) is 4.79 Å². The second-order valence-electron chi connectivity index (χ2n) is 11.7. The number of aryl methyl sites for hydroxylation is 1. The molecule has 0 fully saturated rings. The van der Waals surface area contributed by atoms with Crippen LogP contribution in [0.15, 0.2) is 84.9 Å². The zero-order valence-corrected chi connectivity index (χ0v) is 25.5. The van der Waals surface area contributed by atoms with Gasteiger partial charge in [-0.05, 0) is 41.5 Å². The molecule has 10 heteroatoms. The van der Waals surface area contributed by atoms with Crippen molar-refractivity contribution in [1.82, 2.24) is 20.9 Å². The van der Waals surface area contributed by atoms with Gasteiger partial charge in [0.1, 0.15) is 24.2 Å². The Hall–Kier alpha value is -5.12. The van der Waals surface area contributed by atoms with Crippen LogP contribution in [0.2, 0.25) is 0 Å². The van der Waals surface area contributed by atoms with Crippen LogP contribution in [0.4, 0.5) is 4.79 Å². The number of H-pyrrole nitrogens is 1. The zero-order chi connectivity index (χ0) is 32.0. The Kier molecular flexibility index (Phi) is 9.51. The number of hydrogen-bond donors (Lipinski definition) is 5. The van der Waals surface area contributed by atoms with Crippen molar-refractivity contribution in [3.8, 4) is 0 Å². The first-order valence-corrected chi connectivity index (χ1v) is 15.2. The van der Waals surface area contributed by atoms with Crippen LogP contribution in [0.25, 0.3) is 10.9 Å². The third-order valence-corrected chi connectivity index (χ3v) is 8.65. The van der Waals surface area contributed by atoms with Gasteiger partial charge in [-0.15, -0.1) is 0 Å². The minimum Gasteiger partial charge on any atom is -0.445 e. The van der Waals surface area contributed by atoms with E-state index in [0.29, 0.717) is 18.4 Å². The minimum absolute atomic E-state index is 0.0468. The van der Waals surface area contributed by atoms with Gasteiger partial charge in [0.2, 0.25) is 17.7 Å². The Bertz CT molecular complexity index is 1670. The molecule has 0 spiro atoms. The van der Waals surface area contributed by atoms with Crippen molar-refractivity contribution in [3.05, 3.63) is 107 Å².